The van der Waals surface area contributed by atoms with E-state index in [4.69, 9.17) is 16.2 Å². The van der Waals surface area contributed by atoms with Crippen molar-refractivity contribution in [1.82, 2.24) is 19.5 Å². The van der Waals surface area contributed by atoms with Crippen molar-refractivity contribution in [2.45, 2.75) is 51.1 Å². The first-order chi connectivity index (χ1) is 17.8. The van der Waals surface area contributed by atoms with Gasteiger partial charge in [-0.2, -0.15) is 4.37 Å². The van der Waals surface area contributed by atoms with E-state index in [-0.39, 0.29) is 28.2 Å². The van der Waals surface area contributed by atoms with Crippen LogP contribution in [-0.2, 0) is 9.53 Å². The topological polar surface area (TPSA) is 144 Å². The maximum Gasteiger partial charge on any atom is 0.270 e. The van der Waals surface area contributed by atoms with Crippen LogP contribution in [0.3, 0.4) is 0 Å². The zero-order valence-corrected chi connectivity index (χ0v) is 22.1. The van der Waals surface area contributed by atoms with Crippen LogP contribution in [-0.4, -0.2) is 77.3 Å². The van der Waals surface area contributed by atoms with E-state index in [1.807, 2.05) is 31.2 Å². The summed E-state index contributed by atoms with van der Waals surface area (Å²) < 4.78 is 9.46. The molecule has 37 heavy (non-hydrogen) atoms. The number of benzene rings is 1. The van der Waals surface area contributed by atoms with Crippen LogP contribution < -0.4 is 16.8 Å². The molecular formula is C26H36N6O4S. The first-order valence-electron chi connectivity index (χ1n) is 12.9. The standard InChI is InChI=1S/C26H36N6O4S/c1-17-7-9-18(10-8-17)22(25(34)29-19-5-2-3-6-19)32(12-4-11-31-13-15-36-16-14-31)26(35)23-20(27)21(24(28)33)30-37-23/h7-10,19,22H,2-6,11-16,27H2,1H3,(H2,28,33)(H,29,34). The number of nitrogens with zero attached hydrogens (tertiary/aromatic N) is 3. The monoisotopic (exact) mass is 528 g/mol. The summed E-state index contributed by atoms with van der Waals surface area (Å²) in [5.74, 6) is -1.44. The van der Waals surface area contributed by atoms with Crippen LogP contribution in [0.25, 0.3) is 0 Å². The van der Waals surface area contributed by atoms with Gasteiger partial charge in [0.15, 0.2) is 5.69 Å². The zero-order valence-electron chi connectivity index (χ0n) is 21.3. The molecule has 1 saturated heterocycles. The highest BCUT2D eigenvalue weighted by Gasteiger charge is 2.35. The lowest BCUT2D eigenvalue weighted by Crippen LogP contribution is -2.47. The third-order valence-electron chi connectivity index (χ3n) is 7.05. The molecule has 3 amide bonds. The molecule has 2 aromatic rings. The van der Waals surface area contributed by atoms with Crippen LogP contribution in [0.1, 0.15) is 69.4 Å². The van der Waals surface area contributed by atoms with Gasteiger partial charge in [-0.05, 0) is 43.3 Å². The number of aromatic nitrogens is 1. The van der Waals surface area contributed by atoms with E-state index in [0.717, 1.165) is 68.0 Å². The van der Waals surface area contributed by atoms with Gasteiger partial charge in [-0.1, -0.05) is 42.7 Å². The number of carbonyl (C=O) groups is 3. The summed E-state index contributed by atoms with van der Waals surface area (Å²) in [5.41, 5.74) is 13.1. The van der Waals surface area contributed by atoms with E-state index in [1.54, 1.807) is 4.90 Å². The summed E-state index contributed by atoms with van der Waals surface area (Å²) in [6.07, 6.45) is 4.68. The second-order valence-corrected chi connectivity index (χ2v) is 10.5. The van der Waals surface area contributed by atoms with Crippen LogP contribution in [0.2, 0.25) is 0 Å². The summed E-state index contributed by atoms with van der Waals surface area (Å²) in [6.45, 7) is 6.12. The van der Waals surface area contributed by atoms with Gasteiger partial charge in [0.2, 0.25) is 5.91 Å². The van der Waals surface area contributed by atoms with Crippen molar-refractivity contribution < 1.29 is 19.1 Å². The van der Waals surface area contributed by atoms with E-state index >= 15 is 0 Å². The van der Waals surface area contributed by atoms with E-state index in [2.05, 4.69) is 14.6 Å². The lowest BCUT2D eigenvalue weighted by molar-refractivity contribution is -0.126. The fourth-order valence-corrected chi connectivity index (χ4v) is 5.73. The number of aryl methyl sites for hydroxylation is 1. The Morgan fingerprint density at radius 2 is 1.86 bits per heavy atom. The van der Waals surface area contributed by atoms with Crippen molar-refractivity contribution in [3.05, 3.63) is 46.0 Å². The molecule has 2 fully saturated rings. The summed E-state index contributed by atoms with van der Waals surface area (Å²) in [4.78, 5) is 43.5. The molecule has 1 unspecified atom stereocenters. The molecule has 0 radical (unpaired) electrons. The summed E-state index contributed by atoms with van der Waals surface area (Å²) >= 11 is 0.836. The number of nitrogens with two attached hydrogens (primary N) is 2. The van der Waals surface area contributed by atoms with E-state index < -0.39 is 17.9 Å². The van der Waals surface area contributed by atoms with Gasteiger partial charge >= 0.3 is 0 Å². The molecular weight excluding hydrogens is 492 g/mol. The Morgan fingerprint density at radius 1 is 1.19 bits per heavy atom. The van der Waals surface area contributed by atoms with Gasteiger partial charge in [0.05, 0.1) is 18.9 Å². The summed E-state index contributed by atoms with van der Waals surface area (Å²) in [6, 6.07) is 6.90. The van der Waals surface area contributed by atoms with Crippen LogP contribution >= 0.6 is 11.5 Å². The number of rotatable bonds is 10. The molecule has 11 heteroatoms. The minimum Gasteiger partial charge on any atom is -0.395 e. The highest BCUT2D eigenvalue weighted by molar-refractivity contribution is 7.09. The van der Waals surface area contributed by atoms with Crippen LogP contribution in [0.15, 0.2) is 24.3 Å². The highest BCUT2D eigenvalue weighted by Crippen LogP contribution is 2.30. The normalized spacial score (nSPS) is 17.4. The number of carbonyl (C=O) groups excluding carboxylic acids is 3. The molecule has 1 saturated carbocycles. The Hall–Kier alpha value is -3.02. The first kappa shape index (κ1) is 27.0. The van der Waals surface area contributed by atoms with Crippen molar-refractivity contribution in [3.63, 3.8) is 0 Å². The lowest BCUT2D eigenvalue weighted by atomic mass is 10.0. The maximum atomic E-state index is 14.0. The van der Waals surface area contributed by atoms with Gasteiger partial charge in [0, 0.05) is 32.2 Å². The highest BCUT2D eigenvalue weighted by atomic mass is 32.1. The Morgan fingerprint density at radius 3 is 2.49 bits per heavy atom. The molecule has 2 aliphatic rings. The van der Waals surface area contributed by atoms with E-state index in [1.165, 1.54) is 0 Å². The van der Waals surface area contributed by atoms with Gasteiger partial charge in [-0.25, -0.2) is 0 Å². The second-order valence-electron chi connectivity index (χ2n) is 9.75. The number of ether oxygens (including phenoxy) is 1. The molecule has 1 atom stereocenters. The molecule has 1 aromatic heterocycles. The second kappa shape index (κ2) is 12.5. The van der Waals surface area contributed by atoms with Crippen LogP contribution in [0, 0.1) is 6.92 Å². The number of nitrogen functional groups attached to an aromatic ring is 1. The number of nitrogens with one attached hydrogen (secondary N) is 1. The summed E-state index contributed by atoms with van der Waals surface area (Å²) in [7, 11) is 0. The molecule has 1 aliphatic heterocycles. The summed E-state index contributed by atoms with van der Waals surface area (Å²) in [5, 5.41) is 3.18. The average molecular weight is 529 g/mol. The third kappa shape index (κ3) is 6.65. The zero-order chi connectivity index (χ0) is 26.4. The smallest absolute Gasteiger partial charge is 0.270 e. The fraction of sp³-hybridized carbons (Fsp3) is 0.538. The Kier molecular flexibility index (Phi) is 9.12. The number of primary amides is 1. The van der Waals surface area contributed by atoms with Gasteiger partial charge in [-0.15, -0.1) is 0 Å². The number of hydrogen-bond acceptors (Lipinski definition) is 8. The third-order valence-corrected chi connectivity index (χ3v) is 7.90. The van der Waals surface area contributed by atoms with Gasteiger partial charge in [0.1, 0.15) is 10.9 Å². The number of morpholine rings is 1. The SMILES string of the molecule is Cc1ccc(C(C(=O)NC2CCCC2)N(CCCN2CCOCC2)C(=O)c2snc(C(N)=O)c2N)cc1. The quantitative estimate of drug-likeness (QED) is 0.428. The molecule has 200 valence electrons. The Labute approximate surface area is 221 Å². The molecule has 1 aliphatic carbocycles. The van der Waals surface area contributed by atoms with Crippen LogP contribution in [0.5, 0.6) is 0 Å². The Balaban J connectivity index is 1.65. The van der Waals surface area contributed by atoms with Gasteiger partial charge in [0.25, 0.3) is 11.8 Å². The number of amides is 3. The molecule has 2 heterocycles. The maximum absolute atomic E-state index is 14.0. The minimum absolute atomic E-state index is 0.0421. The molecule has 5 N–H and O–H groups in total. The van der Waals surface area contributed by atoms with Gasteiger partial charge in [-0.3, -0.25) is 19.3 Å². The molecule has 0 bridgehead atoms. The van der Waals surface area contributed by atoms with Crippen LogP contribution in [0.4, 0.5) is 5.69 Å². The lowest BCUT2D eigenvalue weighted by Gasteiger charge is -2.33. The van der Waals surface area contributed by atoms with Crippen molar-refractivity contribution in [3.8, 4) is 0 Å². The average Bonchev–Trinajstić information content (AvgIpc) is 3.54. The molecule has 10 nitrogen and oxygen atoms in total. The fourth-order valence-electron chi connectivity index (χ4n) is 4.97. The van der Waals surface area contributed by atoms with Gasteiger partial charge < -0.3 is 26.4 Å². The van der Waals surface area contributed by atoms with Crippen molar-refractivity contribution in [1.29, 1.82) is 0 Å². The first-order valence-corrected chi connectivity index (χ1v) is 13.7. The van der Waals surface area contributed by atoms with Crippen molar-refractivity contribution in [2.24, 2.45) is 5.73 Å². The van der Waals surface area contributed by atoms with Crippen molar-refractivity contribution in [2.75, 3.05) is 45.1 Å². The molecule has 1 aromatic carbocycles. The predicted octanol–water partition coefficient (Wildman–Crippen LogP) is 2.10. The largest absolute Gasteiger partial charge is 0.395 e. The Bertz CT molecular complexity index is 1090. The minimum atomic E-state index is -0.850. The number of hydrogen-bond donors (Lipinski definition) is 3. The predicted molar refractivity (Wildman–Crippen MR) is 142 cm³/mol. The molecule has 4 rings (SSSR count). The van der Waals surface area contributed by atoms with E-state index in [0.29, 0.717) is 26.2 Å². The number of anilines is 1. The van der Waals surface area contributed by atoms with E-state index in [9.17, 15) is 14.4 Å². The molecule has 0 spiro atoms. The van der Waals surface area contributed by atoms with Crippen molar-refractivity contribution >= 4 is 34.9 Å².